The average molecular weight is 233 g/mol. The maximum atomic E-state index is 11.1. The van der Waals surface area contributed by atoms with Gasteiger partial charge in [-0.25, -0.2) is 4.79 Å². The van der Waals surface area contributed by atoms with E-state index in [0.29, 0.717) is 11.9 Å². The zero-order valence-electron chi connectivity index (χ0n) is 9.53. The van der Waals surface area contributed by atoms with Crippen molar-refractivity contribution in [2.45, 2.75) is 29.8 Å². The Bertz CT molecular complexity index is 227. The van der Waals surface area contributed by atoms with Gasteiger partial charge in [-0.1, -0.05) is 19.6 Å². The van der Waals surface area contributed by atoms with Gasteiger partial charge in [-0.15, -0.1) is 0 Å². The van der Waals surface area contributed by atoms with Gasteiger partial charge in [0.05, 0.1) is 8.07 Å². The first-order valence-electron chi connectivity index (χ1n) is 4.82. The number of rotatable bonds is 3. The van der Waals surface area contributed by atoms with Gasteiger partial charge >= 0.3 is 6.09 Å². The van der Waals surface area contributed by atoms with Crippen molar-refractivity contribution in [3.63, 3.8) is 0 Å². The second-order valence-corrected chi connectivity index (χ2v) is 12.1. The SMILES string of the molecule is CN(C)C(=O)OC[C@H]1S[C@@H]1[Si](C)(C)C. The number of amides is 1. The molecular formula is C9H19NO2SSi. The van der Waals surface area contributed by atoms with E-state index in [4.69, 9.17) is 4.74 Å². The fourth-order valence-electron chi connectivity index (χ4n) is 1.31. The molecule has 82 valence electrons. The van der Waals surface area contributed by atoms with Gasteiger partial charge in [0.1, 0.15) is 6.61 Å². The van der Waals surface area contributed by atoms with Crippen LogP contribution in [0.15, 0.2) is 0 Å². The Morgan fingerprint density at radius 3 is 2.36 bits per heavy atom. The Labute approximate surface area is 91.2 Å². The molecule has 0 aliphatic carbocycles. The fraction of sp³-hybridized carbons (Fsp3) is 0.889. The van der Waals surface area contributed by atoms with E-state index >= 15 is 0 Å². The molecule has 3 nitrogen and oxygen atoms in total. The highest BCUT2D eigenvalue weighted by Gasteiger charge is 2.47. The topological polar surface area (TPSA) is 29.5 Å². The van der Waals surface area contributed by atoms with Gasteiger partial charge in [-0.05, 0) is 0 Å². The maximum Gasteiger partial charge on any atom is 0.409 e. The first-order chi connectivity index (χ1) is 6.32. The van der Waals surface area contributed by atoms with Gasteiger partial charge < -0.3 is 9.64 Å². The van der Waals surface area contributed by atoms with E-state index in [-0.39, 0.29) is 6.09 Å². The van der Waals surface area contributed by atoms with E-state index in [1.54, 1.807) is 14.1 Å². The number of carbonyl (C=O) groups excluding carboxylic acids is 1. The summed E-state index contributed by atoms with van der Waals surface area (Å²) >= 11 is 1.96. The van der Waals surface area contributed by atoms with Crippen molar-refractivity contribution < 1.29 is 9.53 Å². The second-order valence-electron chi connectivity index (χ2n) is 4.93. The highest BCUT2D eigenvalue weighted by Crippen LogP contribution is 2.47. The van der Waals surface area contributed by atoms with Crippen molar-refractivity contribution in [1.82, 2.24) is 4.90 Å². The summed E-state index contributed by atoms with van der Waals surface area (Å²) in [5.41, 5.74) is 0. The van der Waals surface area contributed by atoms with Crippen LogP contribution in [0.25, 0.3) is 0 Å². The standard InChI is InChI=1S/C9H19NO2SSi/c1-10(2)9(11)12-6-7-8(13-7)14(3,4)5/h7-8H,6H2,1-5H3/t7-,8-/m1/s1. The van der Waals surface area contributed by atoms with Crippen LogP contribution in [0.5, 0.6) is 0 Å². The molecule has 2 atom stereocenters. The smallest absolute Gasteiger partial charge is 0.409 e. The summed E-state index contributed by atoms with van der Waals surface area (Å²) in [5, 5.41) is 0.561. The van der Waals surface area contributed by atoms with Crippen molar-refractivity contribution in [3.05, 3.63) is 0 Å². The lowest BCUT2D eigenvalue weighted by molar-refractivity contribution is 0.121. The number of thioether (sulfide) groups is 1. The first-order valence-corrected chi connectivity index (χ1v) is 9.34. The monoisotopic (exact) mass is 233 g/mol. The lowest BCUT2D eigenvalue weighted by Gasteiger charge is -2.14. The van der Waals surface area contributed by atoms with E-state index in [2.05, 4.69) is 19.6 Å². The maximum absolute atomic E-state index is 11.1. The highest BCUT2D eigenvalue weighted by molar-refractivity contribution is 8.09. The van der Waals surface area contributed by atoms with Gasteiger partial charge in [0.2, 0.25) is 0 Å². The molecule has 1 fully saturated rings. The van der Waals surface area contributed by atoms with Gasteiger partial charge in [0, 0.05) is 24.2 Å². The largest absolute Gasteiger partial charge is 0.448 e. The number of ether oxygens (including phenoxy) is 1. The molecule has 14 heavy (non-hydrogen) atoms. The van der Waals surface area contributed by atoms with E-state index < -0.39 is 8.07 Å². The van der Waals surface area contributed by atoms with Crippen LogP contribution < -0.4 is 0 Å². The number of hydrogen-bond acceptors (Lipinski definition) is 3. The fourth-order valence-corrected chi connectivity index (χ4v) is 6.42. The molecule has 1 amide bonds. The Hall–Kier alpha value is -0.163. The van der Waals surface area contributed by atoms with Crippen molar-refractivity contribution >= 4 is 25.9 Å². The van der Waals surface area contributed by atoms with E-state index in [0.717, 1.165) is 4.87 Å². The minimum Gasteiger partial charge on any atom is -0.448 e. The first kappa shape index (κ1) is 11.9. The predicted octanol–water partition coefficient (Wildman–Crippen LogP) is 2.05. The Kier molecular flexibility index (Phi) is 3.52. The molecule has 0 aromatic rings. The molecule has 1 aliphatic heterocycles. The van der Waals surface area contributed by atoms with E-state index in [1.807, 2.05) is 11.8 Å². The van der Waals surface area contributed by atoms with E-state index in [1.165, 1.54) is 4.90 Å². The highest BCUT2D eigenvalue weighted by atomic mass is 32.2. The third-order valence-electron chi connectivity index (χ3n) is 2.17. The summed E-state index contributed by atoms with van der Waals surface area (Å²) in [6.45, 7) is 7.66. The molecule has 0 aromatic carbocycles. The van der Waals surface area contributed by atoms with Gasteiger partial charge in [-0.3, -0.25) is 0 Å². The van der Waals surface area contributed by atoms with Crippen LogP contribution in [0.1, 0.15) is 0 Å². The predicted molar refractivity (Wildman–Crippen MR) is 63.5 cm³/mol. The summed E-state index contributed by atoms with van der Waals surface area (Å²) in [7, 11) is 2.39. The molecule has 0 spiro atoms. The molecular weight excluding hydrogens is 214 g/mol. The van der Waals surface area contributed by atoms with Crippen LogP contribution in [-0.4, -0.2) is 49.9 Å². The molecule has 1 aliphatic rings. The molecule has 0 bridgehead atoms. The Morgan fingerprint density at radius 2 is 2.00 bits per heavy atom. The summed E-state index contributed by atoms with van der Waals surface area (Å²) < 4.78 is 5.14. The second kappa shape index (κ2) is 4.14. The number of carbonyl (C=O) groups is 1. The molecule has 0 aromatic heterocycles. The molecule has 0 radical (unpaired) electrons. The third-order valence-corrected chi connectivity index (χ3v) is 8.12. The normalized spacial score (nSPS) is 25.8. The van der Waals surface area contributed by atoms with E-state index in [9.17, 15) is 4.79 Å². The molecule has 0 N–H and O–H groups in total. The minimum atomic E-state index is -1.03. The third kappa shape index (κ3) is 3.20. The number of hydrogen-bond donors (Lipinski definition) is 0. The minimum absolute atomic E-state index is 0.230. The van der Waals surface area contributed by atoms with Crippen molar-refractivity contribution in [2.24, 2.45) is 0 Å². The summed E-state index contributed by atoms with van der Waals surface area (Å²) in [6, 6.07) is 0. The lowest BCUT2D eigenvalue weighted by atomic mass is 10.5. The van der Waals surface area contributed by atoms with Crippen LogP contribution >= 0.6 is 11.8 Å². The van der Waals surface area contributed by atoms with Crippen molar-refractivity contribution in [1.29, 1.82) is 0 Å². The molecule has 1 saturated heterocycles. The lowest BCUT2D eigenvalue weighted by Crippen LogP contribution is -2.32. The summed E-state index contributed by atoms with van der Waals surface area (Å²) in [5.74, 6) is 0. The van der Waals surface area contributed by atoms with Crippen LogP contribution in [0.2, 0.25) is 19.6 Å². The van der Waals surface area contributed by atoms with Gasteiger partial charge in [0.25, 0.3) is 0 Å². The Balaban J connectivity index is 2.21. The average Bonchev–Trinajstić information content (AvgIpc) is 2.77. The van der Waals surface area contributed by atoms with Gasteiger partial charge in [0.15, 0.2) is 0 Å². The zero-order chi connectivity index (χ0) is 10.9. The molecule has 1 heterocycles. The molecule has 5 heteroatoms. The van der Waals surface area contributed by atoms with Crippen LogP contribution in [-0.2, 0) is 4.74 Å². The van der Waals surface area contributed by atoms with Crippen LogP contribution in [0, 0.1) is 0 Å². The molecule has 1 rings (SSSR count). The van der Waals surface area contributed by atoms with Gasteiger partial charge in [-0.2, -0.15) is 11.8 Å². The van der Waals surface area contributed by atoms with Crippen molar-refractivity contribution in [2.75, 3.05) is 20.7 Å². The molecule has 0 saturated carbocycles. The Morgan fingerprint density at radius 1 is 1.43 bits per heavy atom. The van der Waals surface area contributed by atoms with Crippen molar-refractivity contribution in [3.8, 4) is 0 Å². The summed E-state index contributed by atoms with van der Waals surface area (Å²) in [4.78, 5) is 13.4. The van der Waals surface area contributed by atoms with Crippen LogP contribution in [0.4, 0.5) is 4.79 Å². The summed E-state index contributed by atoms with van der Waals surface area (Å²) in [6.07, 6.45) is -0.230. The zero-order valence-corrected chi connectivity index (χ0v) is 11.4. The number of nitrogens with zero attached hydrogens (tertiary/aromatic N) is 1. The molecule has 0 unspecified atom stereocenters. The van der Waals surface area contributed by atoms with Crippen LogP contribution in [0.3, 0.4) is 0 Å². The quantitative estimate of drug-likeness (QED) is 0.552.